The third-order valence-corrected chi connectivity index (χ3v) is 11.3. The molecule has 0 radical (unpaired) electrons. The van der Waals surface area contributed by atoms with Gasteiger partial charge < -0.3 is 0 Å². The average Bonchev–Trinajstić information content (AvgIpc) is 2.66. The lowest BCUT2D eigenvalue weighted by Gasteiger charge is -1.95. The summed E-state index contributed by atoms with van der Waals surface area (Å²) in [7, 11) is 3.35. The van der Waals surface area contributed by atoms with Crippen molar-refractivity contribution in [2.75, 3.05) is 0 Å². The first-order valence-corrected chi connectivity index (χ1v) is 10.7. The van der Waals surface area contributed by atoms with E-state index in [-0.39, 0.29) is 0 Å². The minimum Gasteiger partial charge on any atom is -0.131 e. The summed E-state index contributed by atoms with van der Waals surface area (Å²) in [6.07, 6.45) is 0. The van der Waals surface area contributed by atoms with Gasteiger partial charge in [-0.1, -0.05) is 24.4 Å². The van der Waals surface area contributed by atoms with Crippen LogP contribution in [0.5, 0.6) is 0 Å². The first-order chi connectivity index (χ1) is 7.56. The summed E-state index contributed by atoms with van der Waals surface area (Å²) in [6.45, 7) is 0. The van der Waals surface area contributed by atoms with Gasteiger partial charge >= 0.3 is 0 Å². The Morgan fingerprint density at radius 1 is 0.750 bits per heavy atom. The monoisotopic (exact) mass is 394 g/mol. The molecule has 2 aromatic rings. The lowest BCUT2D eigenvalue weighted by atomic mass is 11.1. The van der Waals surface area contributed by atoms with Crippen molar-refractivity contribution in [1.29, 1.82) is 0 Å². The van der Waals surface area contributed by atoms with Crippen LogP contribution in [0.15, 0.2) is 16.8 Å². The molecular weight excluding hydrogens is 393 g/mol. The molecule has 0 aliphatic heterocycles. The maximum absolute atomic E-state index is 5.12. The van der Waals surface area contributed by atoms with Crippen molar-refractivity contribution in [3.63, 3.8) is 0 Å². The first kappa shape index (κ1) is 14.4. The minimum atomic E-state index is 0.914. The number of hydrogen-bond donors (Lipinski definition) is 2. The van der Waals surface area contributed by atoms with Crippen molar-refractivity contribution >= 4 is 117 Å². The van der Waals surface area contributed by atoms with Gasteiger partial charge in [-0.2, -0.15) is 0 Å². The molecule has 0 aliphatic rings. The van der Waals surface area contributed by atoms with Crippen LogP contribution in [0.1, 0.15) is 0 Å². The average molecular weight is 395 g/mol. The Balaban J connectivity index is 2.13. The van der Waals surface area contributed by atoms with Gasteiger partial charge in [0.25, 0.3) is 0 Å². The van der Waals surface area contributed by atoms with E-state index in [9.17, 15) is 0 Å². The van der Waals surface area contributed by atoms with E-state index in [2.05, 4.69) is 25.3 Å². The zero-order valence-corrected chi connectivity index (χ0v) is 15.5. The Labute approximate surface area is 138 Å². The summed E-state index contributed by atoms with van der Waals surface area (Å²) < 4.78 is 6.12. The van der Waals surface area contributed by atoms with Gasteiger partial charge in [0.1, 0.15) is 6.28 Å². The number of hydrogen-bond acceptors (Lipinski definition) is 10. The second-order valence-corrected chi connectivity index (χ2v) is 12.9. The molecule has 0 bridgehead atoms. The lowest BCUT2D eigenvalue weighted by Crippen LogP contribution is -1.58. The largest absolute Gasteiger partial charge is 0.145 e. The Kier molecular flexibility index (Phi) is 5.74. The van der Waals surface area contributed by atoms with Crippen molar-refractivity contribution < 1.29 is 0 Å². The van der Waals surface area contributed by atoms with Crippen molar-refractivity contribution in [3.05, 3.63) is 6.28 Å². The van der Waals surface area contributed by atoms with Crippen LogP contribution < -0.4 is 0 Å². The molecule has 0 nitrogen and oxygen atoms in total. The van der Waals surface area contributed by atoms with Crippen LogP contribution in [0.4, 0.5) is 0 Å². The van der Waals surface area contributed by atoms with Crippen molar-refractivity contribution in [2.24, 2.45) is 0 Å². The second-order valence-electron chi connectivity index (χ2n) is 2.26. The molecule has 0 spiro atoms. The molecule has 0 aliphatic carbocycles. The van der Waals surface area contributed by atoms with Gasteiger partial charge in [-0.15, -0.1) is 70.6 Å². The quantitative estimate of drug-likeness (QED) is 0.335. The summed E-state index contributed by atoms with van der Waals surface area (Å²) in [4.78, 5) is 0. The van der Waals surface area contributed by atoms with Gasteiger partial charge in [0, 0.05) is 0 Å². The van der Waals surface area contributed by atoms with E-state index >= 15 is 0 Å². The molecule has 0 amide bonds. The normalized spacial score (nSPS) is 10.9. The van der Waals surface area contributed by atoms with E-state index < -0.39 is 0 Å². The van der Waals surface area contributed by atoms with Crippen LogP contribution in [0.3, 0.4) is 0 Å². The molecule has 0 atom stereocenters. The smallest absolute Gasteiger partial charge is 0.131 e. The first-order valence-electron chi connectivity index (χ1n) is 3.56. The summed E-state index contributed by atoms with van der Waals surface area (Å²) in [6, 6.07) is 0. The molecule has 10 heteroatoms. The zero-order valence-electron chi connectivity index (χ0n) is 7.16. The standard InChI is InChI=1S/C6H2S10/c7-1-3(13-5(9)11-1)15-16-4-2(8)12-6(10)14-4/h7-8H. The maximum Gasteiger partial charge on any atom is 0.145 e. The van der Waals surface area contributed by atoms with Crippen LogP contribution in [-0.2, 0) is 0 Å². The highest BCUT2D eigenvalue weighted by Crippen LogP contribution is 2.49. The van der Waals surface area contributed by atoms with Gasteiger partial charge in [-0.25, -0.2) is 0 Å². The van der Waals surface area contributed by atoms with E-state index in [0.29, 0.717) is 0 Å². The Hall–Kier alpha value is 1.94. The molecule has 0 saturated carbocycles. The Morgan fingerprint density at radius 3 is 1.38 bits per heavy atom. The van der Waals surface area contributed by atoms with Crippen molar-refractivity contribution in [1.82, 2.24) is 0 Å². The molecule has 86 valence electrons. The molecular formula is C6H2S10. The fourth-order valence-corrected chi connectivity index (χ4v) is 11.4. The molecule has 2 heterocycles. The van der Waals surface area contributed by atoms with Crippen LogP contribution in [0, 0.1) is 6.28 Å². The van der Waals surface area contributed by atoms with Gasteiger partial charge in [0.2, 0.25) is 0 Å². The SMILES string of the molecule is S=c1sc(S)c(SSc2sc(=S)sc2S)s1. The number of thiol groups is 2. The summed E-state index contributed by atoms with van der Waals surface area (Å²) in [5, 5.41) is 0. The molecule has 0 fully saturated rings. The van der Waals surface area contributed by atoms with Crippen LogP contribution >= 0.6 is 117 Å². The van der Waals surface area contributed by atoms with Gasteiger partial charge in [0.05, 0.1) is 16.8 Å². The second kappa shape index (κ2) is 6.40. The molecule has 16 heavy (non-hydrogen) atoms. The van der Waals surface area contributed by atoms with Crippen LogP contribution in [0.25, 0.3) is 0 Å². The topological polar surface area (TPSA) is 0 Å². The molecule has 0 saturated heterocycles. The third kappa shape index (κ3) is 3.72. The fourth-order valence-electron chi connectivity index (χ4n) is 0.703. The van der Waals surface area contributed by atoms with E-state index in [4.69, 9.17) is 24.4 Å². The highest BCUT2D eigenvalue weighted by molar-refractivity contribution is 8.77. The maximum atomic E-state index is 5.12. The zero-order chi connectivity index (χ0) is 11.7. The predicted octanol–water partition coefficient (Wildman–Crippen LogP) is 6.77. The van der Waals surface area contributed by atoms with E-state index in [1.54, 1.807) is 66.9 Å². The Bertz CT molecular complexity index is 539. The highest BCUT2D eigenvalue weighted by Gasteiger charge is 2.09. The van der Waals surface area contributed by atoms with Crippen LogP contribution in [0.2, 0.25) is 0 Å². The van der Waals surface area contributed by atoms with E-state index in [1.165, 1.54) is 0 Å². The molecule has 2 rings (SSSR count). The Morgan fingerprint density at radius 2 is 1.12 bits per heavy atom. The molecule has 0 unspecified atom stereocenters. The number of rotatable bonds is 3. The summed E-state index contributed by atoms with van der Waals surface area (Å²) in [5.41, 5.74) is 0. The van der Waals surface area contributed by atoms with Gasteiger partial charge in [-0.3, -0.25) is 0 Å². The highest BCUT2D eigenvalue weighted by atomic mass is 33.1. The lowest BCUT2D eigenvalue weighted by molar-refractivity contribution is 1.55. The molecule has 0 N–H and O–H groups in total. The van der Waals surface area contributed by atoms with Gasteiger partial charge in [0.15, 0.2) is 0 Å². The van der Waals surface area contributed by atoms with E-state index in [1.807, 2.05) is 0 Å². The minimum absolute atomic E-state index is 0.914. The van der Waals surface area contributed by atoms with E-state index in [0.717, 1.165) is 23.1 Å². The van der Waals surface area contributed by atoms with Crippen molar-refractivity contribution in [2.45, 2.75) is 16.8 Å². The van der Waals surface area contributed by atoms with Gasteiger partial charge in [-0.05, 0) is 21.6 Å². The van der Waals surface area contributed by atoms with Crippen LogP contribution in [-0.4, -0.2) is 0 Å². The summed E-state index contributed by atoms with van der Waals surface area (Å²) in [5.74, 6) is 0. The summed E-state index contributed by atoms with van der Waals surface area (Å²) >= 11 is 25.3. The predicted molar refractivity (Wildman–Crippen MR) is 92.3 cm³/mol. The third-order valence-electron chi connectivity index (χ3n) is 1.25. The molecule has 0 aromatic carbocycles. The fraction of sp³-hybridized carbons (Fsp3) is 0. The molecule has 2 aromatic heterocycles. The van der Waals surface area contributed by atoms with Crippen molar-refractivity contribution in [3.8, 4) is 0 Å².